The minimum atomic E-state index is -0.235. The van der Waals surface area contributed by atoms with Crippen molar-refractivity contribution in [3.63, 3.8) is 0 Å². The van der Waals surface area contributed by atoms with Gasteiger partial charge in [0.25, 0.3) is 5.91 Å². The normalized spacial score (nSPS) is 23.1. The van der Waals surface area contributed by atoms with Crippen molar-refractivity contribution >= 4 is 11.6 Å². The summed E-state index contributed by atoms with van der Waals surface area (Å²) in [6.45, 7) is 6.88. The lowest BCUT2D eigenvalue weighted by Crippen LogP contribution is -2.36. The second-order valence-electron chi connectivity index (χ2n) is 7.37. The number of carbonyl (C=O) groups is 1. The molecule has 6 nitrogen and oxygen atoms in total. The average molecular weight is 372 g/mol. The van der Waals surface area contributed by atoms with Crippen molar-refractivity contribution in [2.75, 3.05) is 31.1 Å². The molecule has 0 aliphatic carbocycles. The first-order valence-electron chi connectivity index (χ1n) is 9.55. The van der Waals surface area contributed by atoms with Gasteiger partial charge in [-0.15, -0.1) is 0 Å². The summed E-state index contributed by atoms with van der Waals surface area (Å²) in [6.07, 6.45) is 1.57. The molecule has 27 heavy (non-hydrogen) atoms. The Balaban J connectivity index is 1.48. The van der Waals surface area contributed by atoms with Crippen molar-refractivity contribution in [1.29, 1.82) is 0 Å². The van der Waals surface area contributed by atoms with Crippen molar-refractivity contribution in [3.8, 4) is 0 Å². The van der Waals surface area contributed by atoms with Gasteiger partial charge in [0.1, 0.15) is 5.82 Å². The van der Waals surface area contributed by atoms with E-state index < -0.39 is 0 Å². The number of benzene rings is 1. The van der Waals surface area contributed by atoms with Crippen molar-refractivity contribution in [2.45, 2.75) is 38.9 Å². The molecule has 1 fully saturated rings. The lowest BCUT2D eigenvalue weighted by Gasteiger charge is -2.26. The number of fused-ring (bicyclic) bond motifs is 1. The van der Waals surface area contributed by atoms with Gasteiger partial charge in [-0.3, -0.25) is 9.89 Å². The van der Waals surface area contributed by atoms with Crippen LogP contribution in [0.25, 0.3) is 0 Å². The van der Waals surface area contributed by atoms with Gasteiger partial charge in [-0.2, -0.15) is 5.10 Å². The van der Waals surface area contributed by atoms with Gasteiger partial charge in [-0.05, 0) is 44.5 Å². The van der Waals surface area contributed by atoms with Crippen LogP contribution in [0.2, 0.25) is 0 Å². The zero-order chi connectivity index (χ0) is 19.0. The fourth-order valence-corrected chi connectivity index (χ4v) is 4.03. The summed E-state index contributed by atoms with van der Waals surface area (Å²) in [7, 11) is 0. The van der Waals surface area contributed by atoms with Crippen molar-refractivity contribution < 1.29 is 13.9 Å². The average Bonchev–Trinajstić information content (AvgIpc) is 2.91. The molecular formula is C20H25FN4O2. The maximum absolute atomic E-state index is 13.2. The number of halogens is 1. The first kappa shape index (κ1) is 18.0. The number of ether oxygens (including phenoxy) is 1. The Hall–Kier alpha value is -2.41. The third kappa shape index (κ3) is 3.56. The zero-order valence-electron chi connectivity index (χ0n) is 15.7. The number of H-pyrrole nitrogens is 1. The van der Waals surface area contributed by atoms with E-state index in [0.29, 0.717) is 25.2 Å². The molecule has 1 aromatic heterocycles. The highest BCUT2D eigenvalue weighted by Crippen LogP contribution is 2.30. The van der Waals surface area contributed by atoms with Crippen LogP contribution >= 0.6 is 0 Å². The number of carbonyl (C=O) groups excluding carboxylic acids is 1. The fourth-order valence-electron chi connectivity index (χ4n) is 4.03. The number of aromatic amines is 1. The van der Waals surface area contributed by atoms with Crippen LogP contribution in [0.15, 0.2) is 24.3 Å². The molecule has 2 aliphatic rings. The van der Waals surface area contributed by atoms with E-state index in [9.17, 15) is 9.18 Å². The molecule has 7 heteroatoms. The van der Waals surface area contributed by atoms with Crippen LogP contribution in [0.3, 0.4) is 0 Å². The third-order valence-corrected chi connectivity index (χ3v) is 5.41. The second-order valence-corrected chi connectivity index (χ2v) is 7.37. The molecule has 1 aromatic carbocycles. The summed E-state index contributed by atoms with van der Waals surface area (Å²) in [4.78, 5) is 17.2. The number of rotatable bonds is 2. The number of hydrogen-bond acceptors (Lipinski definition) is 4. The fraction of sp³-hybridized carbons (Fsp3) is 0.500. The van der Waals surface area contributed by atoms with Gasteiger partial charge in [-0.25, -0.2) is 4.39 Å². The van der Waals surface area contributed by atoms with E-state index >= 15 is 0 Å². The van der Waals surface area contributed by atoms with E-state index in [1.165, 1.54) is 12.1 Å². The van der Waals surface area contributed by atoms with E-state index in [1.807, 2.05) is 18.7 Å². The van der Waals surface area contributed by atoms with E-state index in [1.54, 1.807) is 12.1 Å². The van der Waals surface area contributed by atoms with Gasteiger partial charge in [0.2, 0.25) is 0 Å². The highest BCUT2D eigenvalue weighted by Gasteiger charge is 2.31. The van der Waals surface area contributed by atoms with E-state index in [4.69, 9.17) is 4.74 Å². The van der Waals surface area contributed by atoms with Crippen molar-refractivity contribution in [1.82, 2.24) is 15.1 Å². The largest absolute Gasteiger partial charge is 0.370 e. The molecule has 2 atom stereocenters. The van der Waals surface area contributed by atoms with Crippen LogP contribution < -0.4 is 4.90 Å². The summed E-state index contributed by atoms with van der Waals surface area (Å²) < 4.78 is 19.0. The first-order chi connectivity index (χ1) is 13.0. The molecule has 3 heterocycles. The van der Waals surface area contributed by atoms with E-state index in [-0.39, 0.29) is 23.9 Å². The first-order valence-corrected chi connectivity index (χ1v) is 9.55. The molecule has 0 unspecified atom stereocenters. The Labute approximate surface area is 158 Å². The molecule has 0 bridgehead atoms. The van der Waals surface area contributed by atoms with Crippen LogP contribution in [0.1, 0.15) is 48.1 Å². The van der Waals surface area contributed by atoms with Gasteiger partial charge < -0.3 is 14.5 Å². The number of nitrogens with one attached hydrogen (secondary N) is 1. The van der Waals surface area contributed by atoms with Crippen LogP contribution in [-0.4, -0.2) is 53.3 Å². The molecule has 2 aromatic rings. The maximum atomic E-state index is 13.2. The molecule has 4 rings (SSSR count). The van der Waals surface area contributed by atoms with Gasteiger partial charge in [0.15, 0.2) is 5.69 Å². The highest BCUT2D eigenvalue weighted by molar-refractivity contribution is 5.94. The SMILES string of the molecule is C[C@@H]1Cc2c(C(=O)N3CCCN(c4ccc(F)cc4)CC3)n[nH]c2[C@H](C)O1. The van der Waals surface area contributed by atoms with E-state index in [2.05, 4.69) is 15.1 Å². The molecule has 2 aliphatic heterocycles. The smallest absolute Gasteiger partial charge is 0.274 e. The standard InChI is InChI=1S/C20H25FN4O2/c1-13-12-17-18(14(2)27-13)22-23-19(17)20(26)25-9-3-8-24(10-11-25)16-6-4-15(21)5-7-16/h4-7,13-14H,3,8-12H2,1-2H3,(H,22,23)/t13-,14+/m1/s1. The Morgan fingerprint density at radius 3 is 2.74 bits per heavy atom. The van der Waals surface area contributed by atoms with E-state index in [0.717, 1.165) is 36.5 Å². The summed E-state index contributed by atoms with van der Waals surface area (Å²) >= 11 is 0. The number of nitrogens with zero attached hydrogens (tertiary/aromatic N) is 3. The summed E-state index contributed by atoms with van der Waals surface area (Å²) in [5, 5.41) is 7.33. The second kappa shape index (κ2) is 7.31. The topological polar surface area (TPSA) is 61.5 Å². The Morgan fingerprint density at radius 1 is 1.19 bits per heavy atom. The van der Waals surface area contributed by atoms with Crippen molar-refractivity contribution in [2.24, 2.45) is 0 Å². The lowest BCUT2D eigenvalue weighted by molar-refractivity contribution is -0.00701. The van der Waals surface area contributed by atoms with Crippen LogP contribution in [0, 0.1) is 5.82 Å². The Kier molecular flexibility index (Phi) is 4.86. The lowest BCUT2D eigenvalue weighted by atomic mass is 9.99. The highest BCUT2D eigenvalue weighted by atomic mass is 19.1. The molecule has 0 radical (unpaired) electrons. The minimum Gasteiger partial charge on any atom is -0.370 e. The van der Waals surface area contributed by atoms with Crippen molar-refractivity contribution in [3.05, 3.63) is 47.0 Å². The zero-order valence-corrected chi connectivity index (χ0v) is 15.7. The van der Waals surface area contributed by atoms with Gasteiger partial charge in [-0.1, -0.05) is 0 Å². The number of amides is 1. The Bertz CT molecular complexity index is 820. The molecule has 144 valence electrons. The van der Waals surface area contributed by atoms with Crippen LogP contribution in [0.4, 0.5) is 10.1 Å². The van der Waals surface area contributed by atoms with Gasteiger partial charge in [0, 0.05) is 43.9 Å². The predicted molar refractivity (Wildman–Crippen MR) is 100 cm³/mol. The van der Waals surface area contributed by atoms with Gasteiger partial charge in [0.05, 0.1) is 17.9 Å². The molecule has 0 spiro atoms. The molecular weight excluding hydrogens is 347 g/mol. The summed E-state index contributed by atoms with van der Waals surface area (Å²) in [5.74, 6) is -0.254. The quantitative estimate of drug-likeness (QED) is 0.881. The predicted octanol–water partition coefficient (Wildman–Crippen LogP) is 2.92. The summed E-state index contributed by atoms with van der Waals surface area (Å²) in [5.41, 5.74) is 3.43. The number of aromatic nitrogens is 2. The monoisotopic (exact) mass is 372 g/mol. The molecule has 1 N–H and O–H groups in total. The molecule has 1 amide bonds. The maximum Gasteiger partial charge on any atom is 0.274 e. The Morgan fingerprint density at radius 2 is 1.96 bits per heavy atom. The van der Waals surface area contributed by atoms with Crippen LogP contribution in [0.5, 0.6) is 0 Å². The number of hydrogen-bond donors (Lipinski definition) is 1. The van der Waals surface area contributed by atoms with Gasteiger partial charge >= 0.3 is 0 Å². The molecule has 1 saturated heterocycles. The number of anilines is 1. The minimum absolute atomic E-state index is 0.0187. The third-order valence-electron chi connectivity index (χ3n) is 5.41. The molecule has 0 saturated carbocycles. The van der Waals surface area contributed by atoms with Crippen LogP contribution in [-0.2, 0) is 11.2 Å². The summed E-state index contributed by atoms with van der Waals surface area (Å²) in [6, 6.07) is 6.53.